The van der Waals surface area contributed by atoms with Crippen molar-refractivity contribution in [3.05, 3.63) is 59.7 Å². The van der Waals surface area contributed by atoms with Crippen LogP contribution in [0.3, 0.4) is 0 Å². The van der Waals surface area contributed by atoms with Crippen LogP contribution in [0.25, 0.3) is 0 Å². The molecule has 3 nitrogen and oxygen atoms in total. The van der Waals surface area contributed by atoms with E-state index in [4.69, 9.17) is 4.74 Å². The van der Waals surface area contributed by atoms with E-state index in [1.807, 2.05) is 71.4 Å². The average Bonchev–Trinajstić information content (AvgIpc) is 3.11. The maximum absolute atomic E-state index is 12.8. The number of benzene rings is 2. The van der Waals surface area contributed by atoms with Crippen molar-refractivity contribution in [1.29, 1.82) is 0 Å². The van der Waals surface area contributed by atoms with Gasteiger partial charge >= 0.3 is 0 Å². The normalized spacial score (nSPS) is 17.3. The molecule has 0 radical (unpaired) electrons. The molecule has 1 aliphatic heterocycles. The van der Waals surface area contributed by atoms with Gasteiger partial charge in [0.25, 0.3) is 5.91 Å². The summed E-state index contributed by atoms with van der Waals surface area (Å²) in [6, 6.07) is 15.8. The molecule has 1 fully saturated rings. The minimum atomic E-state index is 0.0774. The van der Waals surface area contributed by atoms with E-state index in [1.54, 1.807) is 18.9 Å². The van der Waals surface area contributed by atoms with E-state index in [0.29, 0.717) is 0 Å². The molecule has 1 aliphatic rings. The van der Waals surface area contributed by atoms with E-state index in [9.17, 15) is 4.79 Å². The summed E-state index contributed by atoms with van der Waals surface area (Å²) in [7, 11) is 1.66. The number of carbonyl (C=O) groups excluding carboxylic acids is 1. The first-order valence-corrected chi connectivity index (χ1v) is 9.71. The van der Waals surface area contributed by atoms with Gasteiger partial charge in [0.15, 0.2) is 0 Å². The molecule has 0 N–H and O–H groups in total. The Balaban J connectivity index is 1.80. The van der Waals surface area contributed by atoms with Gasteiger partial charge in [-0.25, -0.2) is 0 Å². The standard InChI is InChI=1S/C18H19NO2S2/c1-21-15-7-3-14(4-8-15)18-19(11-12-23-18)17(20)13-5-9-16(22-2)10-6-13/h3-10,18H,11-12H2,1-2H3. The molecule has 1 heterocycles. The number of amides is 1. The monoisotopic (exact) mass is 345 g/mol. The molecule has 0 aromatic heterocycles. The maximum Gasteiger partial charge on any atom is 0.255 e. The largest absolute Gasteiger partial charge is 0.497 e. The molecule has 2 aromatic rings. The zero-order chi connectivity index (χ0) is 16.2. The highest BCUT2D eigenvalue weighted by atomic mass is 32.2. The Hall–Kier alpha value is -1.59. The Morgan fingerprint density at radius 3 is 2.48 bits per heavy atom. The molecule has 5 heteroatoms. The number of ether oxygens (including phenoxy) is 1. The van der Waals surface area contributed by atoms with Crippen LogP contribution >= 0.6 is 23.5 Å². The van der Waals surface area contributed by atoms with Crippen molar-refractivity contribution >= 4 is 29.4 Å². The molecule has 1 saturated heterocycles. The summed E-state index contributed by atoms with van der Waals surface area (Å²) < 4.78 is 5.21. The van der Waals surface area contributed by atoms with Crippen molar-refractivity contribution in [2.45, 2.75) is 10.3 Å². The summed E-state index contributed by atoms with van der Waals surface area (Å²) >= 11 is 3.49. The van der Waals surface area contributed by atoms with Crippen LogP contribution in [0.1, 0.15) is 21.3 Å². The summed E-state index contributed by atoms with van der Waals surface area (Å²) in [6.07, 6.45) is 2.04. The van der Waals surface area contributed by atoms with Crippen LogP contribution in [0.2, 0.25) is 0 Å². The second kappa shape index (κ2) is 7.32. The molecule has 23 heavy (non-hydrogen) atoms. The van der Waals surface area contributed by atoms with Gasteiger partial charge in [-0.05, 0) is 48.2 Å². The topological polar surface area (TPSA) is 29.5 Å². The Bertz CT molecular complexity index is 670. The highest BCUT2D eigenvalue weighted by Gasteiger charge is 2.31. The van der Waals surface area contributed by atoms with Gasteiger partial charge in [0, 0.05) is 22.8 Å². The molecule has 1 atom stereocenters. The summed E-state index contributed by atoms with van der Waals surface area (Å²) in [6.45, 7) is 0.782. The predicted octanol–water partition coefficient (Wildman–Crippen LogP) is 4.30. The van der Waals surface area contributed by atoms with Gasteiger partial charge in [-0.2, -0.15) is 0 Å². The van der Waals surface area contributed by atoms with E-state index in [0.717, 1.165) is 29.2 Å². The van der Waals surface area contributed by atoms with E-state index >= 15 is 0 Å². The molecule has 0 bridgehead atoms. The van der Waals surface area contributed by atoms with Crippen molar-refractivity contribution in [3.8, 4) is 5.75 Å². The third-order valence-electron chi connectivity index (χ3n) is 3.89. The molecule has 0 spiro atoms. The number of rotatable bonds is 4. The minimum Gasteiger partial charge on any atom is -0.497 e. The molecule has 0 saturated carbocycles. The second-order valence-electron chi connectivity index (χ2n) is 5.22. The Labute approximate surface area is 145 Å². The molecule has 0 aliphatic carbocycles. The SMILES string of the molecule is COc1ccc(C2SCCN2C(=O)c2ccc(SC)cc2)cc1. The van der Waals surface area contributed by atoms with Crippen molar-refractivity contribution < 1.29 is 9.53 Å². The Morgan fingerprint density at radius 1 is 1.17 bits per heavy atom. The zero-order valence-electron chi connectivity index (χ0n) is 13.2. The molecule has 120 valence electrons. The molecule has 3 rings (SSSR count). The first-order chi connectivity index (χ1) is 11.2. The third kappa shape index (κ3) is 3.51. The molecule has 2 aromatic carbocycles. The molecule has 1 amide bonds. The lowest BCUT2D eigenvalue weighted by Crippen LogP contribution is -2.30. The molecule has 1 unspecified atom stereocenters. The number of hydrogen-bond acceptors (Lipinski definition) is 4. The minimum absolute atomic E-state index is 0.0774. The summed E-state index contributed by atoms with van der Waals surface area (Å²) in [5.41, 5.74) is 1.89. The van der Waals surface area contributed by atoms with Crippen LogP contribution in [0.15, 0.2) is 53.4 Å². The van der Waals surface area contributed by atoms with Crippen molar-refractivity contribution in [3.63, 3.8) is 0 Å². The van der Waals surface area contributed by atoms with Crippen LogP contribution in [0.4, 0.5) is 0 Å². The first kappa shape index (κ1) is 16.3. The van der Waals surface area contributed by atoms with Gasteiger partial charge in [-0.15, -0.1) is 23.5 Å². The fourth-order valence-electron chi connectivity index (χ4n) is 2.62. The number of methoxy groups -OCH3 is 1. The lowest BCUT2D eigenvalue weighted by molar-refractivity contribution is 0.0760. The zero-order valence-corrected chi connectivity index (χ0v) is 14.8. The van der Waals surface area contributed by atoms with Crippen LogP contribution in [-0.2, 0) is 0 Å². The van der Waals surface area contributed by atoms with Crippen LogP contribution in [-0.4, -0.2) is 36.5 Å². The molecular formula is C18H19NO2S2. The summed E-state index contributed by atoms with van der Waals surface area (Å²) in [5.74, 6) is 1.90. The quantitative estimate of drug-likeness (QED) is 0.773. The van der Waals surface area contributed by atoms with Gasteiger partial charge in [-0.1, -0.05) is 12.1 Å². The van der Waals surface area contributed by atoms with E-state index < -0.39 is 0 Å². The highest BCUT2D eigenvalue weighted by molar-refractivity contribution is 7.99. The van der Waals surface area contributed by atoms with Gasteiger partial charge in [0.05, 0.1) is 7.11 Å². The lowest BCUT2D eigenvalue weighted by atomic mass is 10.1. The number of thioether (sulfide) groups is 2. The van der Waals surface area contributed by atoms with Crippen molar-refractivity contribution in [1.82, 2.24) is 4.90 Å². The smallest absolute Gasteiger partial charge is 0.255 e. The number of nitrogens with zero attached hydrogens (tertiary/aromatic N) is 1. The Morgan fingerprint density at radius 2 is 1.87 bits per heavy atom. The fourth-order valence-corrected chi connectivity index (χ4v) is 4.29. The van der Waals surface area contributed by atoms with Gasteiger partial charge in [0.2, 0.25) is 0 Å². The third-order valence-corrected chi connectivity index (χ3v) is 5.89. The maximum atomic E-state index is 12.8. The van der Waals surface area contributed by atoms with Crippen LogP contribution in [0, 0.1) is 0 Å². The van der Waals surface area contributed by atoms with E-state index in [2.05, 4.69) is 0 Å². The highest BCUT2D eigenvalue weighted by Crippen LogP contribution is 2.39. The lowest BCUT2D eigenvalue weighted by Gasteiger charge is -2.24. The van der Waals surface area contributed by atoms with Gasteiger partial charge in [0.1, 0.15) is 11.1 Å². The first-order valence-electron chi connectivity index (χ1n) is 7.43. The van der Waals surface area contributed by atoms with Gasteiger partial charge in [-0.3, -0.25) is 4.79 Å². The van der Waals surface area contributed by atoms with Crippen LogP contribution in [0.5, 0.6) is 5.75 Å². The average molecular weight is 345 g/mol. The molecular weight excluding hydrogens is 326 g/mol. The second-order valence-corrected chi connectivity index (χ2v) is 7.29. The van der Waals surface area contributed by atoms with Crippen molar-refractivity contribution in [2.24, 2.45) is 0 Å². The number of carbonyl (C=O) groups is 1. The predicted molar refractivity (Wildman–Crippen MR) is 97.5 cm³/mol. The van der Waals surface area contributed by atoms with E-state index in [-0.39, 0.29) is 11.3 Å². The van der Waals surface area contributed by atoms with Crippen molar-refractivity contribution in [2.75, 3.05) is 25.7 Å². The summed E-state index contributed by atoms with van der Waals surface area (Å²) in [4.78, 5) is 16.0. The number of hydrogen-bond donors (Lipinski definition) is 0. The van der Waals surface area contributed by atoms with Crippen LogP contribution < -0.4 is 4.74 Å². The summed E-state index contributed by atoms with van der Waals surface area (Å²) in [5, 5.41) is 0.0774. The van der Waals surface area contributed by atoms with E-state index in [1.165, 1.54) is 4.90 Å². The fraction of sp³-hybridized carbons (Fsp3) is 0.278. The Kier molecular flexibility index (Phi) is 5.18. The van der Waals surface area contributed by atoms with Gasteiger partial charge < -0.3 is 9.64 Å².